The van der Waals surface area contributed by atoms with Crippen molar-refractivity contribution < 1.29 is 0 Å². The molecule has 0 fully saturated rings. The number of rotatable bonds is 5. The molecule has 12 rings (SSSR count). The van der Waals surface area contributed by atoms with Gasteiger partial charge in [-0.2, -0.15) is 0 Å². The summed E-state index contributed by atoms with van der Waals surface area (Å²) in [5, 5.41) is 0. The SMILES string of the molecule is CC1=[C](C(C)(C)C)[Sb]([c]2ccccc2)[CH]=C1.CC1=[C](C(C)(C)C)[Sb]([c]2ccccc2)[c]2ccccc21.CC1=[C](C)[Sb]([c]2ccccc2)[C](C(C)(C)C)=C1C.C[C]1=C(C(C)(C)C)C=[CH][Bi]1[c]1ccccc1.C[C]1=C(C(C)(C)C)c2cccc[c]2[Bi]1[c]1ccccc1. The predicted octanol–water partition coefficient (Wildman–Crippen LogP) is 18.3. The van der Waals surface area contributed by atoms with Crippen LogP contribution in [0.25, 0.3) is 11.1 Å². The fourth-order valence-corrected chi connectivity index (χ4v) is 58.6. The Bertz CT molecular complexity index is 3890. The van der Waals surface area contributed by atoms with Crippen LogP contribution in [0.1, 0.15) is 163 Å². The van der Waals surface area contributed by atoms with E-state index in [1.165, 1.54) is 16.7 Å². The molecule has 0 aromatic heterocycles. The third-order valence-electron chi connectivity index (χ3n) is 17.3. The van der Waals surface area contributed by atoms with Gasteiger partial charge in [0.1, 0.15) is 0 Å². The molecule has 0 unspecified atom stereocenters. The molecule has 90 heavy (non-hydrogen) atoms. The number of hydrogen-bond acceptors (Lipinski definition) is 0. The second kappa shape index (κ2) is 30.6. The van der Waals surface area contributed by atoms with E-state index in [0.717, 1.165) is 0 Å². The van der Waals surface area contributed by atoms with Crippen molar-refractivity contribution in [2.24, 2.45) is 27.1 Å². The first-order valence-electron chi connectivity index (χ1n) is 32.4. The molecule has 0 spiro atoms. The molecule has 5 aliphatic rings. The van der Waals surface area contributed by atoms with Gasteiger partial charge in [0, 0.05) is 0 Å². The van der Waals surface area contributed by atoms with Crippen LogP contribution in [0, 0.1) is 27.1 Å². The van der Waals surface area contributed by atoms with Gasteiger partial charge in [0.15, 0.2) is 0 Å². The first kappa shape index (κ1) is 72.5. The van der Waals surface area contributed by atoms with Crippen LogP contribution in [-0.4, -0.2) is 104 Å². The average Bonchev–Trinajstić information content (AvgIpc) is 1.65. The van der Waals surface area contributed by atoms with Crippen LogP contribution >= 0.6 is 0 Å². The van der Waals surface area contributed by atoms with E-state index in [1.54, 1.807) is 72.4 Å². The molecule has 0 bridgehead atoms. The fourth-order valence-electron chi connectivity index (χ4n) is 13.6. The van der Waals surface area contributed by atoms with Crippen molar-refractivity contribution in [1.82, 2.24) is 0 Å². The van der Waals surface area contributed by atoms with E-state index in [0.29, 0.717) is 16.2 Å². The third-order valence-corrected chi connectivity index (χ3v) is 62.4. The van der Waals surface area contributed by atoms with Crippen LogP contribution in [0.3, 0.4) is 0 Å². The zero-order chi connectivity index (χ0) is 65.7. The van der Waals surface area contributed by atoms with Gasteiger partial charge in [0.2, 0.25) is 0 Å². The van der Waals surface area contributed by atoms with Crippen LogP contribution in [-0.2, 0) is 0 Å². The maximum absolute atomic E-state index is 2.53. The molecule has 0 nitrogen and oxygen atoms in total. The van der Waals surface area contributed by atoms with E-state index in [1.807, 2.05) is 0 Å². The first-order valence-corrected chi connectivity index (χ1v) is 54.8. The summed E-state index contributed by atoms with van der Waals surface area (Å²) in [7, 11) is 0. The summed E-state index contributed by atoms with van der Waals surface area (Å²) in [6.07, 6.45) is 4.73. The van der Waals surface area contributed by atoms with E-state index in [4.69, 9.17) is 0 Å². The molecule has 7 aromatic carbocycles. The predicted molar refractivity (Wildman–Crippen MR) is 409 cm³/mol. The Balaban J connectivity index is 0.000000146. The van der Waals surface area contributed by atoms with Crippen molar-refractivity contribution in [2.45, 2.75) is 152 Å². The van der Waals surface area contributed by atoms with Crippen LogP contribution in [0.2, 0.25) is 0 Å². The van der Waals surface area contributed by atoms with E-state index >= 15 is 0 Å². The Hall–Kier alpha value is -3.32. The Morgan fingerprint density at radius 3 is 1.23 bits per heavy atom. The van der Waals surface area contributed by atoms with Gasteiger partial charge < -0.3 is 0 Å². The Morgan fingerprint density at radius 1 is 0.333 bits per heavy atom. The standard InChI is InChI=1S/2C13H16.C11H18.2C9H14.5C6H5.2Bi.3Sb/c1-11(10-13(2,3)4)12-8-6-5-7-9-12;1-5-12(13(2,3)4)11-9-7-6-8-10-11;1-7-9(2)10(3)8-11(4,5)6;1-6-8(2)7-9(3,4)5;1-6-8(7-2)9(3,4)5;5*1-2-4-6-5-3-1;;;;;/h5-8H,1-4H3;6-9H,1-4H3;1-6H3;2*1,6H,2-5H3;5*1-5H;;;;;. The number of benzene rings is 7. The Kier molecular flexibility index (Phi) is 24.7. The quantitative estimate of drug-likeness (QED) is 0.151. The summed E-state index contributed by atoms with van der Waals surface area (Å²) in [5.74, 6) is 0. The second-order valence-corrected chi connectivity index (χ2v) is 65.6. The molecule has 0 saturated heterocycles. The summed E-state index contributed by atoms with van der Waals surface area (Å²) < 4.78 is 26.7. The number of hydrogen-bond donors (Lipinski definition) is 0. The van der Waals surface area contributed by atoms with Crippen molar-refractivity contribution in [3.05, 3.63) is 274 Å². The van der Waals surface area contributed by atoms with Gasteiger partial charge in [-0.15, -0.1) is 0 Å². The van der Waals surface area contributed by atoms with Gasteiger partial charge in [0.25, 0.3) is 0 Å². The van der Waals surface area contributed by atoms with Gasteiger partial charge in [-0.3, -0.25) is 0 Å². The molecule has 7 aromatic rings. The summed E-state index contributed by atoms with van der Waals surface area (Å²) in [6.45, 7) is 51.6. The normalized spacial score (nSPS) is 16.6. The van der Waals surface area contributed by atoms with Gasteiger partial charge >= 0.3 is 593 Å². The second-order valence-electron chi connectivity index (χ2n) is 29.5. The van der Waals surface area contributed by atoms with Crippen LogP contribution in [0.15, 0.2) is 263 Å². The molecular weight excluding hydrogens is 1800 g/mol. The summed E-state index contributed by atoms with van der Waals surface area (Å²) in [6, 6.07) is 73.8. The van der Waals surface area contributed by atoms with E-state index < -0.39 is 104 Å². The average molecular weight is 1910 g/mol. The van der Waals surface area contributed by atoms with Crippen molar-refractivity contribution in [1.29, 1.82) is 0 Å². The van der Waals surface area contributed by atoms with Crippen LogP contribution in [0.5, 0.6) is 0 Å². The molecule has 0 amide bonds. The molecule has 0 saturated carbocycles. The van der Waals surface area contributed by atoms with Crippen molar-refractivity contribution in [2.75, 3.05) is 0 Å². The molecule has 0 radical (unpaired) electrons. The molecule has 0 N–H and O–H groups in total. The summed E-state index contributed by atoms with van der Waals surface area (Å²) in [4.78, 5) is 0. The van der Waals surface area contributed by atoms with E-state index in [9.17, 15) is 0 Å². The van der Waals surface area contributed by atoms with Gasteiger partial charge in [0.05, 0.1) is 0 Å². The van der Waals surface area contributed by atoms with Crippen molar-refractivity contribution >= 4 is 139 Å². The summed E-state index contributed by atoms with van der Waals surface area (Å²) >= 11 is -8.60. The number of allylic oxidation sites excluding steroid dienone is 14. The minimum atomic E-state index is -1.97. The topological polar surface area (TPSA) is 0 Å². The molecule has 0 aliphatic carbocycles. The van der Waals surface area contributed by atoms with Crippen LogP contribution in [0.4, 0.5) is 0 Å². The Morgan fingerprint density at radius 2 is 0.756 bits per heavy atom. The van der Waals surface area contributed by atoms with E-state index in [-0.39, 0.29) is 10.8 Å². The van der Waals surface area contributed by atoms with E-state index in [2.05, 4.69) is 372 Å². The summed E-state index contributed by atoms with van der Waals surface area (Å²) in [5.41, 5.74) is 13.8. The van der Waals surface area contributed by atoms with Gasteiger partial charge in [-0.25, -0.2) is 0 Å². The Labute approximate surface area is 585 Å². The molecule has 0 atom stereocenters. The molecule has 468 valence electrons. The van der Waals surface area contributed by atoms with Crippen molar-refractivity contribution in [3.63, 3.8) is 0 Å². The first-order chi connectivity index (χ1) is 42.3. The molecule has 5 aliphatic heterocycles. The van der Waals surface area contributed by atoms with Crippen molar-refractivity contribution in [3.8, 4) is 0 Å². The third kappa shape index (κ3) is 17.0. The maximum atomic E-state index is 2.53. The molecular formula is C85H103Bi2Sb3. The fraction of sp³-hybridized carbons (Fsp3) is 0.318. The number of fused-ring (bicyclic) bond motifs is 2. The monoisotopic (exact) mass is 1900 g/mol. The minimum absolute atomic E-state index is 0.235. The zero-order valence-corrected chi connectivity index (χ0v) is 73.2. The molecule has 5 heteroatoms. The van der Waals surface area contributed by atoms with Gasteiger partial charge in [-0.05, 0) is 0 Å². The zero-order valence-electron chi connectivity index (χ0n) is 58.6. The molecule has 5 heterocycles. The van der Waals surface area contributed by atoms with Gasteiger partial charge in [-0.1, -0.05) is 0 Å². The van der Waals surface area contributed by atoms with Crippen LogP contribution < -0.4 is 23.9 Å².